The van der Waals surface area contributed by atoms with Crippen LogP contribution in [0, 0.1) is 6.92 Å². The van der Waals surface area contributed by atoms with Crippen LogP contribution in [0.15, 0.2) is 88.8 Å². The number of rotatable bonds is 6. The van der Waals surface area contributed by atoms with Crippen LogP contribution in [0.3, 0.4) is 0 Å². The monoisotopic (exact) mass is 467 g/mol. The number of hydrogen-bond acceptors (Lipinski definition) is 8. The molecule has 168 valence electrons. The maximum absolute atomic E-state index is 13.3. The van der Waals surface area contributed by atoms with Gasteiger partial charge in [-0.3, -0.25) is 9.36 Å². The highest BCUT2D eigenvalue weighted by Crippen LogP contribution is 2.25. The Morgan fingerprint density at radius 2 is 1.62 bits per heavy atom. The summed E-state index contributed by atoms with van der Waals surface area (Å²) in [5.41, 5.74) is 9.16. The number of aryl methyl sites for hydroxylation is 1. The fourth-order valence-electron chi connectivity index (χ4n) is 3.54. The Bertz CT molecular complexity index is 1540. The van der Waals surface area contributed by atoms with Gasteiger partial charge >= 0.3 is 0 Å². The van der Waals surface area contributed by atoms with Gasteiger partial charge in [0.05, 0.1) is 22.3 Å². The molecule has 8 nitrogen and oxygen atoms in total. The van der Waals surface area contributed by atoms with Gasteiger partial charge in [-0.2, -0.15) is 15.0 Å². The van der Waals surface area contributed by atoms with E-state index in [-0.39, 0.29) is 11.5 Å². The van der Waals surface area contributed by atoms with Crippen molar-refractivity contribution in [3.05, 3.63) is 101 Å². The van der Waals surface area contributed by atoms with Crippen molar-refractivity contribution in [2.45, 2.75) is 17.8 Å². The molecule has 0 aliphatic rings. The first-order valence-electron chi connectivity index (χ1n) is 10.6. The molecule has 0 bridgehead atoms. The van der Waals surface area contributed by atoms with Crippen LogP contribution < -0.4 is 16.6 Å². The van der Waals surface area contributed by atoms with Crippen molar-refractivity contribution in [1.29, 1.82) is 0 Å². The van der Waals surface area contributed by atoms with Gasteiger partial charge < -0.3 is 11.1 Å². The van der Waals surface area contributed by atoms with E-state index in [4.69, 9.17) is 10.7 Å². The van der Waals surface area contributed by atoms with Crippen molar-refractivity contribution in [2.75, 3.05) is 11.1 Å². The fraction of sp³-hybridized carbons (Fsp3) is 0.0800. The van der Waals surface area contributed by atoms with Gasteiger partial charge in [0.25, 0.3) is 5.56 Å². The zero-order valence-corrected chi connectivity index (χ0v) is 19.2. The summed E-state index contributed by atoms with van der Waals surface area (Å²) in [6, 6.07) is 24.6. The Morgan fingerprint density at radius 3 is 2.44 bits per heavy atom. The van der Waals surface area contributed by atoms with Crippen LogP contribution in [0.1, 0.15) is 11.4 Å². The van der Waals surface area contributed by atoms with E-state index in [2.05, 4.69) is 20.3 Å². The van der Waals surface area contributed by atoms with Gasteiger partial charge in [-0.25, -0.2) is 4.98 Å². The largest absolute Gasteiger partial charge is 0.368 e. The topological polar surface area (TPSA) is 112 Å². The number of para-hydroxylation sites is 3. The molecular formula is C25H21N7OS. The van der Waals surface area contributed by atoms with Crippen LogP contribution in [0.2, 0.25) is 0 Å². The molecule has 2 heterocycles. The van der Waals surface area contributed by atoms with Gasteiger partial charge in [-0.05, 0) is 42.8 Å². The lowest BCUT2D eigenvalue weighted by Gasteiger charge is -2.13. The van der Waals surface area contributed by atoms with E-state index in [1.165, 1.54) is 11.8 Å². The predicted octanol–water partition coefficient (Wildman–Crippen LogP) is 4.50. The smallest absolute Gasteiger partial charge is 0.266 e. The first kappa shape index (κ1) is 21.6. The quantitative estimate of drug-likeness (QED) is 0.277. The Morgan fingerprint density at radius 1 is 0.882 bits per heavy atom. The maximum atomic E-state index is 13.3. The van der Waals surface area contributed by atoms with Crippen LogP contribution in [0.25, 0.3) is 16.6 Å². The molecule has 0 unspecified atom stereocenters. The molecule has 2 aromatic heterocycles. The lowest BCUT2D eigenvalue weighted by molar-refractivity contribution is 0.818. The average Bonchev–Trinajstić information content (AvgIpc) is 2.84. The molecule has 5 aromatic rings. The van der Waals surface area contributed by atoms with Gasteiger partial charge in [-0.15, -0.1) is 0 Å². The van der Waals surface area contributed by atoms with Crippen molar-refractivity contribution in [3.63, 3.8) is 0 Å². The molecule has 0 aliphatic heterocycles. The van der Waals surface area contributed by atoms with Crippen molar-refractivity contribution >= 4 is 40.2 Å². The van der Waals surface area contributed by atoms with E-state index in [0.29, 0.717) is 33.6 Å². The minimum absolute atomic E-state index is 0.119. The molecule has 0 saturated heterocycles. The van der Waals surface area contributed by atoms with E-state index in [0.717, 1.165) is 16.9 Å². The second-order valence-electron chi connectivity index (χ2n) is 7.55. The standard InChI is InChI=1S/C25H21N7OS/c1-16-9-5-7-13-19(16)27-24-30-21(29-23(26)31-24)15-34-25-28-20-14-8-6-12-18(20)22(33)32(25)17-10-3-2-4-11-17/h2-14H,15H2,1H3,(H3,26,27,29,30,31). The first-order valence-corrected chi connectivity index (χ1v) is 11.6. The molecule has 34 heavy (non-hydrogen) atoms. The molecule has 0 radical (unpaired) electrons. The van der Waals surface area contributed by atoms with E-state index < -0.39 is 0 Å². The number of anilines is 3. The van der Waals surface area contributed by atoms with Gasteiger partial charge in [0, 0.05) is 5.69 Å². The van der Waals surface area contributed by atoms with E-state index in [9.17, 15) is 4.79 Å². The molecule has 3 N–H and O–H groups in total. The summed E-state index contributed by atoms with van der Waals surface area (Å²) in [7, 11) is 0. The number of fused-ring (bicyclic) bond motifs is 1. The Hall–Kier alpha value is -4.24. The van der Waals surface area contributed by atoms with Gasteiger partial charge in [-0.1, -0.05) is 60.3 Å². The number of nitrogens with one attached hydrogen (secondary N) is 1. The van der Waals surface area contributed by atoms with Crippen LogP contribution >= 0.6 is 11.8 Å². The number of aromatic nitrogens is 5. The number of nitrogens with two attached hydrogens (primary N) is 1. The van der Waals surface area contributed by atoms with Crippen molar-refractivity contribution in [2.24, 2.45) is 0 Å². The summed E-state index contributed by atoms with van der Waals surface area (Å²) in [4.78, 5) is 31.1. The summed E-state index contributed by atoms with van der Waals surface area (Å²) < 4.78 is 1.62. The third-order valence-corrected chi connectivity index (χ3v) is 6.11. The molecule has 0 amide bonds. The number of nitrogens with zero attached hydrogens (tertiary/aromatic N) is 5. The average molecular weight is 468 g/mol. The molecule has 3 aromatic carbocycles. The van der Waals surface area contributed by atoms with Crippen LogP contribution in [-0.2, 0) is 5.75 Å². The lowest BCUT2D eigenvalue weighted by atomic mass is 10.2. The molecular weight excluding hydrogens is 446 g/mol. The van der Waals surface area contributed by atoms with E-state index >= 15 is 0 Å². The van der Waals surface area contributed by atoms with Crippen LogP contribution in [-0.4, -0.2) is 24.5 Å². The zero-order valence-electron chi connectivity index (χ0n) is 18.3. The number of thioether (sulfide) groups is 1. The summed E-state index contributed by atoms with van der Waals surface area (Å²) in [6.07, 6.45) is 0. The van der Waals surface area contributed by atoms with Crippen molar-refractivity contribution < 1.29 is 0 Å². The molecule has 0 spiro atoms. The molecule has 0 saturated carbocycles. The SMILES string of the molecule is Cc1ccccc1Nc1nc(N)nc(CSc2nc3ccccc3c(=O)n2-c2ccccc2)n1. The molecule has 5 rings (SSSR count). The Kier molecular flexibility index (Phi) is 5.92. The minimum Gasteiger partial charge on any atom is -0.368 e. The maximum Gasteiger partial charge on any atom is 0.266 e. The molecule has 0 atom stereocenters. The van der Waals surface area contributed by atoms with Crippen molar-refractivity contribution in [1.82, 2.24) is 24.5 Å². The fourth-order valence-corrected chi connectivity index (χ4v) is 4.40. The van der Waals surface area contributed by atoms with E-state index in [1.807, 2.05) is 79.7 Å². The first-order chi connectivity index (χ1) is 16.6. The third kappa shape index (κ3) is 4.46. The summed E-state index contributed by atoms with van der Waals surface area (Å²) in [5.74, 6) is 1.32. The highest BCUT2D eigenvalue weighted by atomic mass is 32.2. The number of benzene rings is 3. The highest BCUT2D eigenvalue weighted by molar-refractivity contribution is 7.98. The highest BCUT2D eigenvalue weighted by Gasteiger charge is 2.15. The van der Waals surface area contributed by atoms with Crippen molar-refractivity contribution in [3.8, 4) is 5.69 Å². The van der Waals surface area contributed by atoms with Gasteiger partial charge in [0.2, 0.25) is 11.9 Å². The lowest BCUT2D eigenvalue weighted by Crippen LogP contribution is -2.21. The predicted molar refractivity (Wildman–Crippen MR) is 136 cm³/mol. The van der Waals surface area contributed by atoms with Crippen LogP contribution in [0.4, 0.5) is 17.6 Å². The van der Waals surface area contributed by atoms with Gasteiger partial charge in [0.15, 0.2) is 5.16 Å². The minimum atomic E-state index is -0.128. The number of nitrogen functional groups attached to an aromatic ring is 1. The van der Waals surface area contributed by atoms with Gasteiger partial charge in [0.1, 0.15) is 5.82 Å². The van der Waals surface area contributed by atoms with E-state index in [1.54, 1.807) is 10.6 Å². The zero-order chi connectivity index (χ0) is 23.5. The normalized spacial score (nSPS) is 11.0. The second-order valence-corrected chi connectivity index (χ2v) is 8.49. The van der Waals surface area contributed by atoms with Crippen LogP contribution in [0.5, 0.6) is 0 Å². The summed E-state index contributed by atoms with van der Waals surface area (Å²) >= 11 is 1.37. The Labute approximate surface area is 199 Å². The summed E-state index contributed by atoms with van der Waals surface area (Å²) in [6.45, 7) is 2.00. The second kappa shape index (κ2) is 9.32. The number of hydrogen-bond donors (Lipinski definition) is 2. The third-order valence-electron chi connectivity index (χ3n) is 5.18. The summed E-state index contributed by atoms with van der Waals surface area (Å²) in [5, 5.41) is 4.30. The Balaban J connectivity index is 1.49. The molecule has 0 fully saturated rings. The molecule has 0 aliphatic carbocycles. The molecule has 9 heteroatoms.